The van der Waals surface area contributed by atoms with Crippen LogP contribution in [0.2, 0.25) is 0 Å². The highest BCUT2D eigenvalue weighted by atomic mass is 16.2. The molecule has 3 heterocycles. The van der Waals surface area contributed by atoms with E-state index in [1.165, 1.54) is 15.7 Å². The number of rotatable bonds is 4. The Bertz CT molecular complexity index is 1290. The molecule has 1 aromatic carbocycles. The first kappa shape index (κ1) is 17.1. The number of aromatic amines is 1. The van der Waals surface area contributed by atoms with Gasteiger partial charge in [0.15, 0.2) is 11.2 Å². The molecule has 0 aliphatic carbocycles. The number of aromatic nitrogens is 5. The Kier molecular flexibility index (Phi) is 3.91. The van der Waals surface area contributed by atoms with Crippen LogP contribution in [0.1, 0.15) is 16.8 Å². The van der Waals surface area contributed by atoms with Crippen LogP contribution in [0, 0.1) is 20.8 Å². The average molecular weight is 366 g/mol. The number of aryl methyl sites for hydroxylation is 4. The van der Waals surface area contributed by atoms with E-state index in [2.05, 4.69) is 47.3 Å². The van der Waals surface area contributed by atoms with Gasteiger partial charge in [0.05, 0.1) is 0 Å². The summed E-state index contributed by atoms with van der Waals surface area (Å²) in [5.41, 5.74) is 4.40. The molecule has 0 bridgehead atoms. The van der Waals surface area contributed by atoms with Crippen molar-refractivity contribution in [2.45, 2.75) is 27.3 Å². The number of fused-ring (bicyclic) bond motifs is 3. The first-order valence-corrected chi connectivity index (χ1v) is 8.85. The zero-order chi connectivity index (χ0) is 19.3. The number of hydrogen-bond acceptors (Lipinski definition) is 4. The SMILES string of the molecule is Cc1ccc(C)c(NCCn2c(C)cn3c4c(=O)[nH]c(=O)n(C)c4nc23)c1. The highest BCUT2D eigenvalue weighted by Gasteiger charge is 2.17. The van der Waals surface area contributed by atoms with Crippen LogP contribution in [-0.2, 0) is 13.6 Å². The highest BCUT2D eigenvalue weighted by Crippen LogP contribution is 2.18. The molecule has 3 aromatic heterocycles. The molecule has 0 aliphatic heterocycles. The molecular formula is C19H22N6O2. The van der Waals surface area contributed by atoms with E-state index in [1.54, 1.807) is 11.4 Å². The Labute approximate surface area is 155 Å². The van der Waals surface area contributed by atoms with E-state index in [0.29, 0.717) is 30.0 Å². The van der Waals surface area contributed by atoms with Gasteiger partial charge in [-0.05, 0) is 38.0 Å². The minimum absolute atomic E-state index is 0.384. The fourth-order valence-corrected chi connectivity index (χ4v) is 3.42. The summed E-state index contributed by atoms with van der Waals surface area (Å²) in [7, 11) is 1.60. The van der Waals surface area contributed by atoms with Gasteiger partial charge in [-0.1, -0.05) is 12.1 Å². The summed E-state index contributed by atoms with van der Waals surface area (Å²) in [6.45, 7) is 7.53. The third kappa shape index (κ3) is 2.73. The van der Waals surface area contributed by atoms with E-state index in [9.17, 15) is 9.59 Å². The van der Waals surface area contributed by atoms with Crippen molar-refractivity contribution in [1.29, 1.82) is 0 Å². The zero-order valence-electron chi connectivity index (χ0n) is 15.8. The van der Waals surface area contributed by atoms with Gasteiger partial charge in [0, 0.05) is 37.7 Å². The normalized spacial score (nSPS) is 11.6. The smallest absolute Gasteiger partial charge is 0.329 e. The molecule has 4 rings (SSSR count). The molecular weight excluding hydrogens is 344 g/mol. The van der Waals surface area contributed by atoms with Crippen LogP contribution < -0.4 is 16.6 Å². The lowest BCUT2D eigenvalue weighted by molar-refractivity contribution is 0.724. The lowest BCUT2D eigenvalue weighted by Crippen LogP contribution is -2.28. The molecule has 2 N–H and O–H groups in total. The molecule has 4 aromatic rings. The molecule has 8 heteroatoms. The van der Waals surface area contributed by atoms with Crippen molar-refractivity contribution in [2.24, 2.45) is 7.05 Å². The Hall–Kier alpha value is -3.29. The lowest BCUT2D eigenvalue weighted by Gasteiger charge is -2.12. The summed E-state index contributed by atoms with van der Waals surface area (Å²) in [6, 6.07) is 6.33. The van der Waals surface area contributed by atoms with Crippen molar-refractivity contribution < 1.29 is 0 Å². The number of H-pyrrole nitrogens is 1. The second-order valence-electron chi connectivity index (χ2n) is 6.94. The number of hydrogen-bond donors (Lipinski definition) is 2. The van der Waals surface area contributed by atoms with Crippen LogP contribution in [0.25, 0.3) is 16.9 Å². The van der Waals surface area contributed by atoms with Crippen LogP contribution in [0.4, 0.5) is 5.69 Å². The van der Waals surface area contributed by atoms with Gasteiger partial charge in [0.2, 0.25) is 5.78 Å². The Morgan fingerprint density at radius 2 is 1.96 bits per heavy atom. The fourth-order valence-electron chi connectivity index (χ4n) is 3.42. The maximum atomic E-state index is 12.3. The maximum Gasteiger partial charge on any atom is 0.329 e. The van der Waals surface area contributed by atoms with E-state index in [0.717, 1.165) is 11.4 Å². The van der Waals surface area contributed by atoms with Gasteiger partial charge in [-0.2, -0.15) is 4.98 Å². The molecule has 0 spiro atoms. The first-order valence-electron chi connectivity index (χ1n) is 8.85. The van der Waals surface area contributed by atoms with Gasteiger partial charge in [-0.15, -0.1) is 0 Å². The molecule has 0 saturated carbocycles. The molecule has 0 amide bonds. The Balaban J connectivity index is 1.71. The Morgan fingerprint density at radius 1 is 1.19 bits per heavy atom. The van der Waals surface area contributed by atoms with Crippen molar-refractivity contribution in [3.63, 3.8) is 0 Å². The molecule has 27 heavy (non-hydrogen) atoms. The van der Waals surface area contributed by atoms with Gasteiger partial charge in [-0.25, -0.2) is 4.79 Å². The van der Waals surface area contributed by atoms with Gasteiger partial charge < -0.3 is 9.88 Å². The van der Waals surface area contributed by atoms with Gasteiger partial charge >= 0.3 is 5.69 Å². The molecule has 0 atom stereocenters. The van der Waals surface area contributed by atoms with Crippen molar-refractivity contribution in [3.8, 4) is 0 Å². The quantitative estimate of drug-likeness (QED) is 0.575. The van der Waals surface area contributed by atoms with E-state index < -0.39 is 11.2 Å². The fraction of sp³-hybridized carbons (Fsp3) is 0.316. The number of nitrogens with one attached hydrogen (secondary N) is 2. The minimum Gasteiger partial charge on any atom is -0.383 e. The maximum absolute atomic E-state index is 12.3. The summed E-state index contributed by atoms with van der Waals surface area (Å²) < 4.78 is 5.15. The molecule has 0 fully saturated rings. The molecule has 0 radical (unpaired) electrons. The highest BCUT2D eigenvalue weighted by molar-refractivity contribution is 5.75. The second-order valence-corrected chi connectivity index (χ2v) is 6.94. The summed E-state index contributed by atoms with van der Waals surface area (Å²) in [5, 5.41) is 3.47. The predicted molar refractivity (Wildman–Crippen MR) is 106 cm³/mol. The van der Waals surface area contributed by atoms with Crippen molar-refractivity contribution in [3.05, 3.63) is 62.1 Å². The lowest BCUT2D eigenvalue weighted by atomic mass is 10.1. The van der Waals surface area contributed by atoms with Gasteiger partial charge in [0.25, 0.3) is 5.56 Å². The summed E-state index contributed by atoms with van der Waals surface area (Å²) in [4.78, 5) is 31.0. The Morgan fingerprint density at radius 3 is 2.74 bits per heavy atom. The summed E-state index contributed by atoms with van der Waals surface area (Å²) in [5.74, 6) is 0.650. The first-order chi connectivity index (χ1) is 12.9. The molecule has 140 valence electrons. The topological polar surface area (TPSA) is 89.1 Å². The summed E-state index contributed by atoms with van der Waals surface area (Å²) in [6.07, 6.45) is 1.88. The van der Waals surface area contributed by atoms with Gasteiger partial charge in [-0.3, -0.25) is 18.7 Å². The van der Waals surface area contributed by atoms with E-state index in [-0.39, 0.29) is 0 Å². The zero-order valence-corrected chi connectivity index (χ0v) is 15.8. The predicted octanol–water partition coefficient (Wildman–Crippen LogP) is 1.71. The van der Waals surface area contributed by atoms with E-state index >= 15 is 0 Å². The van der Waals surface area contributed by atoms with Crippen LogP contribution in [-0.4, -0.2) is 30.0 Å². The average Bonchev–Trinajstić information content (AvgIpc) is 3.12. The minimum atomic E-state index is -0.465. The molecule has 8 nitrogen and oxygen atoms in total. The molecule has 0 aliphatic rings. The molecule has 0 unspecified atom stereocenters. The monoisotopic (exact) mass is 366 g/mol. The van der Waals surface area contributed by atoms with Crippen molar-refractivity contribution in [1.82, 2.24) is 23.5 Å². The molecule has 0 saturated heterocycles. The largest absolute Gasteiger partial charge is 0.383 e. The second kappa shape index (κ2) is 6.15. The van der Waals surface area contributed by atoms with Crippen LogP contribution >= 0.6 is 0 Å². The van der Waals surface area contributed by atoms with Crippen molar-refractivity contribution in [2.75, 3.05) is 11.9 Å². The number of benzene rings is 1. The number of imidazole rings is 2. The number of anilines is 1. The third-order valence-electron chi connectivity index (χ3n) is 4.96. The third-order valence-corrected chi connectivity index (χ3v) is 4.96. The van der Waals surface area contributed by atoms with Crippen LogP contribution in [0.3, 0.4) is 0 Å². The summed E-state index contributed by atoms with van der Waals surface area (Å²) >= 11 is 0. The van der Waals surface area contributed by atoms with E-state index in [1.807, 2.05) is 17.7 Å². The standard InChI is InChI=1S/C19H22N6O2/c1-11-5-6-12(2)14(9-11)20-7-8-24-13(3)10-25-15-16(21-18(24)25)23(4)19(27)22-17(15)26/h5-6,9-10,20H,7-8H2,1-4H3,(H,22,26,27). The van der Waals surface area contributed by atoms with Crippen molar-refractivity contribution >= 4 is 22.6 Å². The van der Waals surface area contributed by atoms with Crippen LogP contribution in [0.15, 0.2) is 34.0 Å². The van der Waals surface area contributed by atoms with Gasteiger partial charge in [0.1, 0.15) is 0 Å². The van der Waals surface area contributed by atoms with E-state index in [4.69, 9.17) is 0 Å². The van der Waals surface area contributed by atoms with Crippen LogP contribution in [0.5, 0.6) is 0 Å². The number of nitrogens with zero attached hydrogens (tertiary/aromatic N) is 4.